The van der Waals surface area contributed by atoms with Crippen molar-refractivity contribution >= 4 is 16.8 Å². The van der Waals surface area contributed by atoms with E-state index in [4.69, 9.17) is 0 Å². The predicted octanol–water partition coefficient (Wildman–Crippen LogP) is 2.19. The van der Waals surface area contributed by atoms with Crippen molar-refractivity contribution in [3.05, 3.63) is 63.2 Å². The van der Waals surface area contributed by atoms with Crippen LogP contribution >= 0.6 is 0 Å². The quantitative estimate of drug-likeness (QED) is 0.696. The van der Waals surface area contributed by atoms with E-state index in [9.17, 15) is 9.59 Å². The van der Waals surface area contributed by atoms with Gasteiger partial charge in [0.25, 0.3) is 5.56 Å². The average Bonchev–Trinajstić information content (AvgIpc) is 3.10. The second-order valence-electron chi connectivity index (χ2n) is 7.96. The topological polar surface area (TPSA) is 83.0 Å². The fourth-order valence-corrected chi connectivity index (χ4v) is 4.50. The number of benzene rings is 1. The average molecular weight is 393 g/mol. The van der Waals surface area contributed by atoms with Crippen LogP contribution in [0.25, 0.3) is 10.9 Å². The molecule has 2 aromatic heterocycles. The van der Waals surface area contributed by atoms with Crippen LogP contribution in [0.4, 0.5) is 0 Å². The van der Waals surface area contributed by atoms with Crippen molar-refractivity contribution in [2.45, 2.75) is 32.9 Å². The summed E-state index contributed by atoms with van der Waals surface area (Å²) in [4.78, 5) is 29.6. The molecule has 7 heteroatoms. The van der Waals surface area contributed by atoms with Gasteiger partial charge in [0.1, 0.15) is 0 Å². The number of carbonyl (C=O) groups excluding carboxylic acids is 1. The fourth-order valence-electron chi connectivity index (χ4n) is 4.50. The van der Waals surface area contributed by atoms with Crippen molar-refractivity contribution in [3.63, 3.8) is 0 Å². The molecule has 1 aromatic carbocycles. The predicted molar refractivity (Wildman–Crippen MR) is 113 cm³/mol. The van der Waals surface area contributed by atoms with Gasteiger partial charge >= 0.3 is 0 Å². The van der Waals surface area contributed by atoms with Gasteiger partial charge in [0, 0.05) is 61.9 Å². The highest BCUT2D eigenvalue weighted by molar-refractivity contribution is 5.80. The Morgan fingerprint density at radius 1 is 1.21 bits per heavy atom. The first kappa shape index (κ1) is 19.4. The third-order valence-electron chi connectivity index (χ3n) is 6.11. The summed E-state index contributed by atoms with van der Waals surface area (Å²) in [7, 11) is 3.80. The molecule has 3 aromatic rings. The molecule has 1 aliphatic rings. The van der Waals surface area contributed by atoms with Crippen molar-refractivity contribution in [3.8, 4) is 0 Å². The Hall–Kier alpha value is -2.93. The first-order valence-corrected chi connectivity index (χ1v) is 9.94. The number of aryl methyl sites for hydroxylation is 2. The molecule has 0 aliphatic carbocycles. The Kier molecular flexibility index (Phi) is 5.00. The minimum atomic E-state index is -0.0775. The molecule has 1 aliphatic heterocycles. The van der Waals surface area contributed by atoms with Gasteiger partial charge in [-0.15, -0.1) is 0 Å². The number of fused-ring (bicyclic) bond motifs is 1. The van der Waals surface area contributed by atoms with Crippen LogP contribution in [0.2, 0.25) is 0 Å². The maximum Gasteiger partial charge on any atom is 0.252 e. The van der Waals surface area contributed by atoms with E-state index in [-0.39, 0.29) is 23.4 Å². The van der Waals surface area contributed by atoms with E-state index in [0.717, 1.165) is 27.9 Å². The number of hydrogen-bond acceptors (Lipinski definition) is 4. The Bertz CT molecular complexity index is 1130. The summed E-state index contributed by atoms with van der Waals surface area (Å²) < 4.78 is 1.88. The minimum Gasteiger partial charge on any atom is -0.338 e. The number of para-hydroxylation sites is 1. The van der Waals surface area contributed by atoms with Crippen molar-refractivity contribution in [2.24, 2.45) is 13.0 Å². The second-order valence-corrected chi connectivity index (χ2v) is 7.96. The monoisotopic (exact) mass is 393 g/mol. The molecule has 29 heavy (non-hydrogen) atoms. The smallest absolute Gasteiger partial charge is 0.252 e. The summed E-state index contributed by atoms with van der Waals surface area (Å²) in [5.74, 6) is 0.279. The largest absolute Gasteiger partial charge is 0.338 e. The van der Waals surface area contributed by atoms with E-state index in [2.05, 4.69) is 15.4 Å². The van der Waals surface area contributed by atoms with E-state index in [1.807, 2.05) is 67.9 Å². The lowest BCUT2D eigenvalue weighted by atomic mass is 9.92. The van der Waals surface area contributed by atoms with Crippen LogP contribution < -0.4 is 10.9 Å². The lowest BCUT2D eigenvalue weighted by Crippen LogP contribution is -2.31. The first-order chi connectivity index (χ1) is 13.9. The molecule has 1 amide bonds. The zero-order valence-electron chi connectivity index (χ0n) is 17.3. The molecule has 1 fully saturated rings. The Morgan fingerprint density at radius 2 is 1.97 bits per heavy atom. The van der Waals surface area contributed by atoms with Crippen LogP contribution in [0.5, 0.6) is 0 Å². The van der Waals surface area contributed by atoms with Crippen LogP contribution in [-0.4, -0.2) is 39.2 Å². The Labute approximate surface area is 169 Å². The van der Waals surface area contributed by atoms with Crippen LogP contribution in [0.1, 0.15) is 35.0 Å². The number of amides is 1. The van der Waals surface area contributed by atoms with Crippen LogP contribution in [0, 0.1) is 19.8 Å². The number of carbonyl (C=O) groups is 1. The number of nitrogens with one attached hydrogen (secondary N) is 2. The van der Waals surface area contributed by atoms with Crippen LogP contribution in [0.15, 0.2) is 35.1 Å². The van der Waals surface area contributed by atoms with Crippen LogP contribution in [0.3, 0.4) is 0 Å². The lowest BCUT2D eigenvalue weighted by Gasteiger charge is -2.26. The lowest BCUT2D eigenvalue weighted by molar-refractivity contribution is -0.127. The van der Waals surface area contributed by atoms with Crippen molar-refractivity contribution in [1.82, 2.24) is 25.0 Å². The zero-order valence-corrected chi connectivity index (χ0v) is 17.3. The molecule has 7 nitrogen and oxygen atoms in total. The summed E-state index contributed by atoms with van der Waals surface area (Å²) in [6, 6.07) is 9.69. The second kappa shape index (κ2) is 7.48. The van der Waals surface area contributed by atoms with Gasteiger partial charge in [-0.3, -0.25) is 14.3 Å². The Morgan fingerprint density at radius 3 is 2.69 bits per heavy atom. The molecular weight excluding hydrogens is 366 g/mol. The highest BCUT2D eigenvalue weighted by Gasteiger charge is 2.40. The summed E-state index contributed by atoms with van der Waals surface area (Å²) in [6.45, 7) is 5.16. The number of aromatic amines is 1. The minimum absolute atomic E-state index is 0.00131. The number of H-pyrrole nitrogens is 1. The van der Waals surface area contributed by atoms with E-state index in [0.29, 0.717) is 25.1 Å². The fraction of sp³-hybridized carbons (Fsp3) is 0.409. The van der Waals surface area contributed by atoms with Crippen molar-refractivity contribution in [2.75, 3.05) is 13.6 Å². The number of rotatable bonds is 5. The summed E-state index contributed by atoms with van der Waals surface area (Å²) in [6.07, 6.45) is 0.496. The van der Waals surface area contributed by atoms with Gasteiger partial charge in [0.2, 0.25) is 5.91 Å². The molecule has 2 N–H and O–H groups in total. The number of nitrogens with zero attached hydrogens (tertiary/aromatic N) is 3. The standard InChI is InChI=1S/C22H27N5O2/c1-13-20(14(2)27(4)25-13)21-16(10-19(28)26(21)3)11-23-12-17-9-15-7-5-6-8-18(15)24-22(17)29/h5-9,16,21,23H,10-12H2,1-4H3,(H,24,29)/t16-,21+/m0/s1. The van der Waals surface area contributed by atoms with E-state index in [1.54, 1.807) is 0 Å². The molecular formula is C22H27N5O2. The van der Waals surface area contributed by atoms with Crippen molar-refractivity contribution < 1.29 is 4.79 Å². The van der Waals surface area contributed by atoms with E-state index >= 15 is 0 Å². The molecule has 0 bridgehead atoms. The molecule has 0 unspecified atom stereocenters. The molecule has 0 spiro atoms. The SMILES string of the molecule is Cc1nn(C)c(C)c1[C@H]1[C@H](CNCc2cc3ccccc3[nH]c2=O)CC(=O)N1C. The van der Waals surface area contributed by atoms with E-state index in [1.165, 1.54) is 0 Å². The third-order valence-corrected chi connectivity index (χ3v) is 6.11. The molecule has 2 atom stereocenters. The third kappa shape index (κ3) is 3.46. The maximum absolute atomic E-state index is 12.4. The van der Waals surface area contributed by atoms with Gasteiger partial charge in [-0.05, 0) is 31.4 Å². The van der Waals surface area contributed by atoms with Crippen molar-refractivity contribution in [1.29, 1.82) is 0 Å². The Balaban J connectivity index is 1.52. The molecule has 3 heterocycles. The molecule has 1 saturated heterocycles. The zero-order chi connectivity index (χ0) is 20.7. The van der Waals surface area contributed by atoms with Gasteiger partial charge in [0.15, 0.2) is 0 Å². The van der Waals surface area contributed by atoms with E-state index < -0.39 is 0 Å². The van der Waals surface area contributed by atoms with Crippen LogP contribution in [-0.2, 0) is 18.4 Å². The molecule has 0 radical (unpaired) electrons. The van der Waals surface area contributed by atoms with Gasteiger partial charge < -0.3 is 15.2 Å². The highest BCUT2D eigenvalue weighted by Crippen LogP contribution is 2.39. The maximum atomic E-state index is 12.4. The normalized spacial score (nSPS) is 19.4. The number of aromatic nitrogens is 3. The molecule has 152 valence electrons. The highest BCUT2D eigenvalue weighted by atomic mass is 16.2. The van der Waals surface area contributed by atoms with Gasteiger partial charge in [0.05, 0.1) is 11.7 Å². The summed E-state index contributed by atoms with van der Waals surface area (Å²) in [5.41, 5.74) is 4.65. The van der Waals surface area contributed by atoms with Gasteiger partial charge in [-0.1, -0.05) is 18.2 Å². The number of pyridine rings is 1. The van der Waals surface area contributed by atoms with Gasteiger partial charge in [-0.2, -0.15) is 5.10 Å². The summed E-state index contributed by atoms with van der Waals surface area (Å²) >= 11 is 0. The molecule has 0 saturated carbocycles. The number of likely N-dealkylation sites (tertiary alicyclic amines) is 1. The van der Waals surface area contributed by atoms with Gasteiger partial charge in [-0.25, -0.2) is 0 Å². The summed E-state index contributed by atoms with van der Waals surface area (Å²) in [5, 5.41) is 8.95. The first-order valence-electron chi connectivity index (χ1n) is 9.94. The number of hydrogen-bond donors (Lipinski definition) is 2. The molecule has 4 rings (SSSR count).